The van der Waals surface area contributed by atoms with Crippen LogP contribution in [0, 0.1) is 17.2 Å². The maximum absolute atomic E-state index is 12.6. The highest BCUT2D eigenvalue weighted by molar-refractivity contribution is 7.98. The molecular weight excluding hydrogens is 296 g/mol. The molecule has 0 aliphatic heterocycles. The zero-order chi connectivity index (χ0) is 15.5. The highest BCUT2D eigenvalue weighted by Crippen LogP contribution is 2.26. The lowest BCUT2D eigenvalue weighted by molar-refractivity contribution is 0.319. The molecule has 5 nitrogen and oxygen atoms in total. The van der Waals surface area contributed by atoms with Crippen LogP contribution in [0.4, 0.5) is 0 Å². The first-order valence-corrected chi connectivity index (χ1v) is 8.80. The average molecular weight is 314 g/mol. The van der Waals surface area contributed by atoms with Gasteiger partial charge in [0.2, 0.25) is 0 Å². The van der Waals surface area contributed by atoms with Crippen molar-refractivity contribution >= 4 is 22.8 Å². The van der Waals surface area contributed by atoms with Gasteiger partial charge in [0.05, 0.1) is 0 Å². The summed E-state index contributed by atoms with van der Waals surface area (Å²) in [5.74, 6) is 0.497. The first-order valence-electron chi connectivity index (χ1n) is 7.57. The minimum Gasteiger partial charge on any atom is -0.291 e. The number of pyridine rings is 1. The highest BCUT2D eigenvalue weighted by atomic mass is 32.2. The standard InChI is InChI=1S/C16H18N4OS/c1-22-16-18-9-13-7-12(8-17)15(21)20(14(13)19-16)10-11-5-3-2-4-6-11/h7,9,11H,2-6,10H2,1H3. The molecule has 1 aliphatic carbocycles. The summed E-state index contributed by atoms with van der Waals surface area (Å²) < 4.78 is 1.69. The second kappa shape index (κ2) is 6.49. The summed E-state index contributed by atoms with van der Waals surface area (Å²) in [5.41, 5.74) is 0.587. The summed E-state index contributed by atoms with van der Waals surface area (Å²) >= 11 is 1.45. The molecule has 0 unspecified atom stereocenters. The van der Waals surface area contributed by atoms with Crippen LogP contribution >= 0.6 is 11.8 Å². The van der Waals surface area contributed by atoms with Gasteiger partial charge in [0.1, 0.15) is 17.3 Å². The van der Waals surface area contributed by atoms with Gasteiger partial charge in [0.15, 0.2) is 5.16 Å². The lowest BCUT2D eigenvalue weighted by Crippen LogP contribution is -2.28. The number of aromatic nitrogens is 3. The predicted octanol–water partition coefficient (Wildman–Crippen LogP) is 2.97. The summed E-state index contributed by atoms with van der Waals surface area (Å²) in [6.07, 6.45) is 9.63. The lowest BCUT2D eigenvalue weighted by Gasteiger charge is -2.23. The smallest absolute Gasteiger partial charge is 0.270 e. The Labute approximate surface area is 133 Å². The molecular formula is C16H18N4OS. The number of fused-ring (bicyclic) bond motifs is 1. The van der Waals surface area contributed by atoms with Crippen molar-refractivity contribution < 1.29 is 0 Å². The van der Waals surface area contributed by atoms with Crippen LogP contribution < -0.4 is 5.56 Å². The van der Waals surface area contributed by atoms with Crippen LogP contribution in [0.15, 0.2) is 22.2 Å². The molecule has 0 radical (unpaired) electrons. The zero-order valence-electron chi connectivity index (χ0n) is 12.6. The molecule has 2 heterocycles. The molecule has 6 heteroatoms. The Morgan fingerprint density at radius 2 is 2.18 bits per heavy atom. The Bertz CT molecular complexity index is 787. The molecule has 1 fully saturated rings. The van der Waals surface area contributed by atoms with Crippen LogP contribution in [-0.2, 0) is 6.54 Å². The van der Waals surface area contributed by atoms with Crippen molar-refractivity contribution in [1.82, 2.24) is 14.5 Å². The monoisotopic (exact) mass is 314 g/mol. The van der Waals surface area contributed by atoms with E-state index in [1.807, 2.05) is 12.3 Å². The van der Waals surface area contributed by atoms with Crippen molar-refractivity contribution in [1.29, 1.82) is 5.26 Å². The van der Waals surface area contributed by atoms with E-state index in [4.69, 9.17) is 0 Å². The minimum absolute atomic E-state index is 0.170. The normalized spacial score (nSPS) is 15.8. The second-order valence-corrected chi connectivity index (χ2v) is 6.50. The highest BCUT2D eigenvalue weighted by Gasteiger charge is 2.18. The van der Waals surface area contributed by atoms with Gasteiger partial charge in [-0.1, -0.05) is 31.0 Å². The van der Waals surface area contributed by atoms with Crippen LogP contribution in [-0.4, -0.2) is 20.8 Å². The number of nitrogens with zero attached hydrogens (tertiary/aromatic N) is 4. The molecule has 2 aromatic heterocycles. The van der Waals surface area contributed by atoms with E-state index in [-0.39, 0.29) is 11.1 Å². The molecule has 0 amide bonds. The van der Waals surface area contributed by atoms with Gasteiger partial charge in [-0.3, -0.25) is 9.36 Å². The third-order valence-corrected chi connectivity index (χ3v) is 4.84. The van der Waals surface area contributed by atoms with E-state index in [0.29, 0.717) is 23.3 Å². The predicted molar refractivity (Wildman–Crippen MR) is 86.9 cm³/mol. The van der Waals surface area contributed by atoms with Gasteiger partial charge in [-0.15, -0.1) is 0 Å². The number of nitriles is 1. The van der Waals surface area contributed by atoms with Gasteiger partial charge < -0.3 is 0 Å². The molecule has 0 bridgehead atoms. The van der Waals surface area contributed by atoms with E-state index in [1.54, 1.807) is 16.8 Å². The number of hydrogen-bond acceptors (Lipinski definition) is 5. The third kappa shape index (κ3) is 2.86. The molecule has 1 saturated carbocycles. The van der Waals surface area contributed by atoms with E-state index in [0.717, 1.165) is 18.2 Å². The first kappa shape index (κ1) is 15.0. The zero-order valence-corrected chi connectivity index (χ0v) is 13.4. The molecule has 3 rings (SSSR count). The number of hydrogen-bond donors (Lipinski definition) is 0. The van der Waals surface area contributed by atoms with E-state index in [1.165, 1.54) is 31.0 Å². The quantitative estimate of drug-likeness (QED) is 0.643. The molecule has 114 valence electrons. The first-order chi connectivity index (χ1) is 10.7. The molecule has 0 aromatic carbocycles. The van der Waals surface area contributed by atoms with Gasteiger partial charge in [0, 0.05) is 18.1 Å². The summed E-state index contributed by atoms with van der Waals surface area (Å²) in [4.78, 5) is 21.3. The number of thioether (sulfide) groups is 1. The maximum atomic E-state index is 12.6. The van der Waals surface area contributed by atoms with E-state index >= 15 is 0 Å². The Hall–Kier alpha value is -1.87. The summed E-state index contributed by atoms with van der Waals surface area (Å²) in [6.45, 7) is 0.648. The third-order valence-electron chi connectivity index (χ3n) is 4.27. The fourth-order valence-corrected chi connectivity index (χ4v) is 3.45. The van der Waals surface area contributed by atoms with E-state index in [9.17, 15) is 10.1 Å². The Morgan fingerprint density at radius 1 is 1.41 bits per heavy atom. The molecule has 1 aliphatic rings. The van der Waals surface area contributed by atoms with Gasteiger partial charge in [-0.25, -0.2) is 9.97 Å². The SMILES string of the molecule is CSc1ncc2cc(C#N)c(=O)n(CC3CCCCC3)c2n1. The number of rotatable bonds is 3. The van der Waals surface area contributed by atoms with Crippen LogP contribution in [0.25, 0.3) is 11.0 Å². The fourth-order valence-electron chi connectivity index (χ4n) is 3.12. The second-order valence-electron chi connectivity index (χ2n) is 5.73. The van der Waals surface area contributed by atoms with Gasteiger partial charge in [0.25, 0.3) is 5.56 Å². The Balaban J connectivity index is 2.13. The van der Waals surface area contributed by atoms with Crippen molar-refractivity contribution in [3.63, 3.8) is 0 Å². The van der Waals surface area contributed by atoms with E-state index in [2.05, 4.69) is 9.97 Å². The summed E-state index contributed by atoms with van der Waals surface area (Å²) in [6, 6.07) is 3.60. The van der Waals surface area contributed by atoms with Gasteiger partial charge in [-0.05, 0) is 31.1 Å². The van der Waals surface area contributed by atoms with Gasteiger partial charge >= 0.3 is 0 Å². The molecule has 0 saturated heterocycles. The Kier molecular flexibility index (Phi) is 4.44. The fraction of sp³-hybridized carbons (Fsp3) is 0.500. The van der Waals surface area contributed by atoms with Crippen molar-refractivity contribution in [3.05, 3.63) is 28.2 Å². The molecule has 22 heavy (non-hydrogen) atoms. The maximum Gasteiger partial charge on any atom is 0.270 e. The van der Waals surface area contributed by atoms with Crippen molar-refractivity contribution in [2.45, 2.75) is 43.8 Å². The minimum atomic E-state index is -0.230. The van der Waals surface area contributed by atoms with Crippen LogP contribution in [0.3, 0.4) is 0 Å². The summed E-state index contributed by atoms with van der Waals surface area (Å²) in [7, 11) is 0. The van der Waals surface area contributed by atoms with E-state index < -0.39 is 0 Å². The molecule has 0 spiro atoms. The topological polar surface area (TPSA) is 71.6 Å². The molecule has 0 N–H and O–H groups in total. The van der Waals surface area contributed by atoms with Crippen LogP contribution in [0.5, 0.6) is 0 Å². The van der Waals surface area contributed by atoms with Crippen molar-refractivity contribution in [3.8, 4) is 6.07 Å². The van der Waals surface area contributed by atoms with Crippen LogP contribution in [0.2, 0.25) is 0 Å². The summed E-state index contributed by atoms with van der Waals surface area (Å²) in [5, 5.41) is 10.6. The van der Waals surface area contributed by atoms with Crippen molar-refractivity contribution in [2.24, 2.45) is 5.92 Å². The lowest BCUT2D eigenvalue weighted by atomic mass is 9.89. The Morgan fingerprint density at radius 3 is 2.86 bits per heavy atom. The largest absolute Gasteiger partial charge is 0.291 e. The molecule has 0 atom stereocenters. The average Bonchev–Trinajstić information content (AvgIpc) is 2.57. The van der Waals surface area contributed by atoms with Gasteiger partial charge in [-0.2, -0.15) is 5.26 Å². The van der Waals surface area contributed by atoms with Crippen LogP contribution in [0.1, 0.15) is 37.7 Å². The van der Waals surface area contributed by atoms with Crippen molar-refractivity contribution in [2.75, 3.05) is 6.26 Å². The molecule has 2 aromatic rings.